The lowest BCUT2D eigenvalue weighted by Gasteiger charge is -2.23. The Bertz CT molecular complexity index is 1030. The normalized spacial score (nSPS) is 14.4. The largest absolute Gasteiger partial charge is 0.480 e. The van der Waals surface area contributed by atoms with Crippen molar-refractivity contribution < 1.29 is 37.4 Å². The highest BCUT2D eigenvalue weighted by Gasteiger charge is 2.43. The fourth-order valence-corrected chi connectivity index (χ4v) is 4.43. The average Bonchev–Trinajstić information content (AvgIpc) is 3.13. The van der Waals surface area contributed by atoms with Gasteiger partial charge in [0.2, 0.25) is 5.91 Å². The first kappa shape index (κ1) is 26.4. The summed E-state index contributed by atoms with van der Waals surface area (Å²) in [6.45, 7) is -0.188. The molecule has 35 heavy (non-hydrogen) atoms. The number of hydrogen-bond acceptors (Lipinski definition) is 5. The van der Waals surface area contributed by atoms with Crippen LogP contribution in [0.2, 0.25) is 0 Å². The topological polar surface area (TPSA) is 105 Å². The van der Waals surface area contributed by atoms with E-state index in [2.05, 4.69) is 5.32 Å². The van der Waals surface area contributed by atoms with Gasteiger partial charge in [0.1, 0.15) is 18.7 Å². The molecule has 0 aliphatic heterocycles. The summed E-state index contributed by atoms with van der Waals surface area (Å²) in [5.74, 6) is -2.42. The highest BCUT2D eigenvalue weighted by atomic mass is 32.2. The van der Waals surface area contributed by atoms with Crippen LogP contribution in [0.1, 0.15) is 29.9 Å². The zero-order chi connectivity index (χ0) is 25.6. The van der Waals surface area contributed by atoms with Crippen molar-refractivity contribution in [3.63, 3.8) is 0 Å². The molecule has 1 aliphatic carbocycles. The predicted molar refractivity (Wildman–Crippen MR) is 125 cm³/mol. The molecule has 0 fully saturated rings. The second kappa shape index (κ2) is 11.5. The molecule has 1 unspecified atom stereocenters. The highest BCUT2D eigenvalue weighted by molar-refractivity contribution is 7.98. The maximum absolute atomic E-state index is 13.5. The Morgan fingerprint density at radius 1 is 1.03 bits per heavy atom. The number of aliphatic carboxylic acids is 1. The molecule has 2 atom stereocenters. The molecule has 7 nitrogen and oxygen atoms in total. The van der Waals surface area contributed by atoms with Gasteiger partial charge in [0.25, 0.3) is 0 Å². The van der Waals surface area contributed by atoms with Crippen LogP contribution in [0, 0.1) is 0 Å². The molecule has 0 saturated heterocycles. The summed E-state index contributed by atoms with van der Waals surface area (Å²) in [4.78, 5) is 35.7. The van der Waals surface area contributed by atoms with Crippen LogP contribution in [0.3, 0.4) is 0 Å². The number of ether oxygens (including phenoxy) is 1. The number of benzene rings is 2. The molecule has 11 heteroatoms. The number of carboxylic acid groups (broad SMARTS) is 1. The van der Waals surface area contributed by atoms with Gasteiger partial charge in [-0.25, -0.2) is 9.59 Å². The molecule has 0 heterocycles. The van der Waals surface area contributed by atoms with Gasteiger partial charge in [-0.05, 0) is 40.7 Å². The summed E-state index contributed by atoms with van der Waals surface area (Å²) in [5, 5.41) is 13.0. The monoisotopic (exact) mass is 510 g/mol. The summed E-state index contributed by atoms with van der Waals surface area (Å²) in [7, 11) is 0. The second-order valence-corrected chi connectivity index (χ2v) is 8.99. The van der Waals surface area contributed by atoms with E-state index in [0.717, 1.165) is 22.3 Å². The molecule has 2 aromatic carbocycles. The number of alkyl carbamates (subject to hydrolysis) is 1. The van der Waals surface area contributed by atoms with E-state index in [1.807, 2.05) is 48.5 Å². The van der Waals surface area contributed by atoms with Crippen LogP contribution in [-0.4, -0.2) is 60.0 Å². The van der Waals surface area contributed by atoms with Gasteiger partial charge in [-0.2, -0.15) is 24.9 Å². The molecular weight excluding hydrogens is 485 g/mol. The van der Waals surface area contributed by atoms with E-state index < -0.39 is 42.7 Å². The summed E-state index contributed by atoms with van der Waals surface area (Å²) < 4.78 is 45.7. The van der Waals surface area contributed by atoms with E-state index in [1.165, 1.54) is 11.8 Å². The van der Waals surface area contributed by atoms with Gasteiger partial charge in [-0.3, -0.25) is 4.79 Å². The Labute approximate surface area is 204 Å². The van der Waals surface area contributed by atoms with E-state index in [9.17, 15) is 27.6 Å². The van der Waals surface area contributed by atoms with Crippen LogP contribution in [0.4, 0.5) is 18.0 Å². The molecule has 3 rings (SSSR count). The molecule has 0 radical (unpaired) electrons. The van der Waals surface area contributed by atoms with Crippen molar-refractivity contribution in [2.45, 2.75) is 37.0 Å². The molecule has 2 amide bonds. The highest BCUT2D eigenvalue weighted by Crippen LogP contribution is 2.44. The number of amides is 2. The lowest BCUT2D eigenvalue weighted by atomic mass is 9.98. The predicted octanol–water partition coefficient (Wildman–Crippen LogP) is 4.17. The minimum Gasteiger partial charge on any atom is -0.480 e. The Balaban J connectivity index is 1.62. The van der Waals surface area contributed by atoms with Crippen molar-refractivity contribution in [2.24, 2.45) is 0 Å². The third kappa shape index (κ3) is 6.68. The van der Waals surface area contributed by atoms with E-state index >= 15 is 0 Å². The average molecular weight is 511 g/mol. The van der Waals surface area contributed by atoms with Crippen molar-refractivity contribution >= 4 is 29.7 Å². The fraction of sp³-hybridized carbons (Fsp3) is 0.375. The Kier molecular flexibility index (Phi) is 8.66. The molecule has 0 saturated carbocycles. The first-order valence-electron chi connectivity index (χ1n) is 10.8. The van der Waals surface area contributed by atoms with Gasteiger partial charge in [0.15, 0.2) is 0 Å². The second-order valence-electron chi connectivity index (χ2n) is 8.01. The van der Waals surface area contributed by atoms with E-state index in [1.54, 1.807) is 11.6 Å². The summed E-state index contributed by atoms with van der Waals surface area (Å²) >= 11 is 1.34. The number of thioether (sulfide) groups is 1. The number of fused-ring (bicyclic) bond motifs is 3. The molecule has 1 aliphatic rings. The molecule has 0 spiro atoms. The van der Waals surface area contributed by atoms with Gasteiger partial charge in [0, 0.05) is 5.92 Å². The molecule has 188 valence electrons. The van der Waals surface area contributed by atoms with E-state index in [-0.39, 0.29) is 18.9 Å². The standard InChI is InChI=1S/C24H25F3N2O5S/c1-35-11-10-19(22(31)32)28-21(30)12-20(24(25,26)27)29-23(33)34-13-18-16-8-4-2-6-14(16)15-7-3-5-9-17(15)18/h2-9,18-20H,10-13H2,1H3,(H,28,30)(H,29,33)(H,31,32)/t19-,20?/m0/s1. The van der Waals surface area contributed by atoms with E-state index in [4.69, 9.17) is 9.84 Å². The molecule has 0 bridgehead atoms. The van der Waals surface area contributed by atoms with Gasteiger partial charge in [0.05, 0.1) is 6.42 Å². The minimum atomic E-state index is -4.94. The number of nitrogens with one attached hydrogen (secondary N) is 2. The summed E-state index contributed by atoms with van der Waals surface area (Å²) in [5.41, 5.74) is 3.74. The third-order valence-electron chi connectivity index (χ3n) is 5.66. The first-order chi connectivity index (χ1) is 16.6. The number of halogens is 3. The van der Waals surface area contributed by atoms with E-state index in [0.29, 0.717) is 5.75 Å². The SMILES string of the molecule is CSCC[C@H](NC(=O)CC(NC(=O)OCC1c2ccccc2-c2ccccc21)C(F)(F)F)C(=O)O. The minimum absolute atomic E-state index is 0.0543. The number of alkyl halides is 3. The molecular formula is C24H25F3N2O5S. The van der Waals surface area contributed by atoms with Crippen LogP contribution < -0.4 is 10.6 Å². The lowest BCUT2D eigenvalue weighted by molar-refractivity contribution is -0.160. The number of carboxylic acids is 1. The lowest BCUT2D eigenvalue weighted by Crippen LogP contribution is -2.50. The summed E-state index contributed by atoms with van der Waals surface area (Å²) in [6, 6.07) is 11.2. The summed E-state index contributed by atoms with van der Waals surface area (Å²) in [6.07, 6.45) is -5.64. The maximum atomic E-state index is 13.5. The Morgan fingerprint density at radius 2 is 1.60 bits per heavy atom. The molecule has 3 N–H and O–H groups in total. The molecule has 2 aromatic rings. The van der Waals surface area contributed by atoms with Crippen molar-refractivity contribution in [2.75, 3.05) is 18.6 Å². The van der Waals surface area contributed by atoms with Crippen LogP contribution in [0.5, 0.6) is 0 Å². The van der Waals surface area contributed by atoms with Crippen LogP contribution in [0.15, 0.2) is 48.5 Å². The zero-order valence-corrected chi connectivity index (χ0v) is 19.6. The number of hydrogen-bond donors (Lipinski definition) is 3. The van der Waals surface area contributed by atoms with Crippen LogP contribution in [0.25, 0.3) is 11.1 Å². The van der Waals surface area contributed by atoms with Gasteiger partial charge in [-0.15, -0.1) is 0 Å². The smallest absolute Gasteiger partial charge is 0.409 e. The van der Waals surface area contributed by atoms with Crippen LogP contribution >= 0.6 is 11.8 Å². The van der Waals surface area contributed by atoms with Crippen LogP contribution in [-0.2, 0) is 14.3 Å². The van der Waals surface area contributed by atoms with Crippen molar-refractivity contribution in [3.8, 4) is 11.1 Å². The number of carbonyl (C=O) groups excluding carboxylic acids is 2. The fourth-order valence-electron chi connectivity index (χ4n) is 3.96. The molecule has 0 aromatic heterocycles. The quantitative estimate of drug-likeness (QED) is 0.443. The van der Waals surface area contributed by atoms with Gasteiger partial charge in [-0.1, -0.05) is 48.5 Å². The Hall–Kier alpha value is -3.21. The van der Waals surface area contributed by atoms with Gasteiger partial charge >= 0.3 is 18.2 Å². The maximum Gasteiger partial charge on any atom is 0.409 e. The van der Waals surface area contributed by atoms with Gasteiger partial charge < -0.3 is 20.5 Å². The third-order valence-corrected chi connectivity index (χ3v) is 6.31. The van der Waals surface area contributed by atoms with Crippen molar-refractivity contribution in [1.82, 2.24) is 10.6 Å². The Morgan fingerprint density at radius 3 is 2.11 bits per heavy atom. The first-order valence-corrected chi connectivity index (χ1v) is 12.2. The zero-order valence-electron chi connectivity index (χ0n) is 18.8. The number of rotatable bonds is 10. The number of carbonyl (C=O) groups is 3. The van der Waals surface area contributed by atoms with Crippen molar-refractivity contribution in [3.05, 3.63) is 59.7 Å². The van der Waals surface area contributed by atoms with Crippen molar-refractivity contribution in [1.29, 1.82) is 0 Å².